The highest BCUT2D eigenvalue weighted by Crippen LogP contribution is 2.34. The minimum absolute atomic E-state index is 0.132. The molecule has 1 fully saturated rings. The number of ether oxygens (including phenoxy) is 1. The third-order valence-electron chi connectivity index (χ3n) is 3.16. The van der Waals surface area contributed by atoms with Crippen LogP contribution < -0.4 is 0 Å². The van der Waals surface area contributed by atoms with E-state index in [1.807, 2.05) is 0 Å². The van der Waals surface area contributed by atoms with E-state index in [1.54, 1.807) is 0 Å². The van der Waals surface area contributed by atoms with Gasteiger partial charge in [-0.05, 0) is 0 Å². The lowest BCUT2D eigenvalue weighted by Crippen LogP contribution is -2.36. The van der Waals surface area contributed by atoms with Crippen molar-refractivity contribution in [3.63, 3.8) is 0 Å². The van der Waals surface area contributed by atoms with Crippen LogP contribution in [0.3, 0.4) is 0 Å². The predicted molar refractivity (Wildman–Crippen MR) is 64.8 cm³/mol. The minimum Gasteiger partial charge on any atom is -0.492 e. The maximum atomic E-state index is 9.98. The van der Waals surface area contributed by atoms with E-state index in [1.165, 1.54) is 10.9 Å². The summed E-state index contributed by atoms with van der Waals surface area (Å²) < 4.78 is 6.66. The number of aliphatic hydroxyl groups excluding tert-OH is 3. The summed E-state index contributed by atoms with van der Waals surface area (Å²) in [6, 6.07) is 0. The summed E-state index contributed by atoms with van der Waals surface area (Å²) in [6.07, 6.45) is -2.47. The Balaban J connectivity index is 2.02. The second-order valence-electron chi connectivity index (χ2n) is 4.37. The van der Waals surface area contributed by atoms with Gasteiger partial charge in [0.2, 0.25) is 5.88 Å². The van der Waals surface area contributed by atoms with Crippen LogP contribution in [0.15, 0.2) is 12.7 Å². The van der Waals surface area contributed by atoms with Gasteiger partial charge in [0.25, 0.3) is 0 Å². The molecular weight excluding hydrogens is 292 g/mol. The topological polar surface area (TPSA) is 134 Å². The molecule has 9 nitrogen and oxygen atoms in total. The molecule has 1 aliphatic rings. The molecule has 0 spiro atoms. The molecule has 3 rings (SSSR count). The Morgan fingerprint density at radius 3 is 2.65 bits per heavy atom. The minimum atomic E-state index is -1.47. The number of fused-ring (bicyclic) bond motifs is 1. The van der Waals surface area contributed by atoms with Crippen LogP contribution in [0.2, 0.25) is 0 Å². The first-order valence-electron chi connectivity index (χ1n) is 5.71. The van der Waals surface area contributed by atoms with Gasteiger partial charge >= 0.3 is 0 Å². The summed E-state index contributed by atoms with van der Waals surface area (Å²) in [7, 11) is 0. The summed E-state index contributed by atoms with van der Waals surface area (Å²) >= 11 is 5.48. The van der Waals surface area contributed by atoms with Gasteiger partial charge in [0, 0.05) is 0 Å². The highest BCUT2D eigenvalue weighted by atomic mass is 35.5. The normalized spacial score (nSPS) is 31.8. The summed E-state index contributed by atoms with van der Waals surface area (Å²) in [6.45, 7) is 0. The average Bonchev–Trinajstić information content (AvgIpc) is 2.94. The summed E-state index contributed by atoms with van der Waals surface area (Å²) in [4.78, 5) is 11.4. The van der Waals surface area contributed by atoms with Crippen molar-refractivity contribution in [3.05, 3.63) is 12.7 Å². The van der Waals surface area contributed by atoms with Crippen molar-refractivity contribution in [3.8, 4) is 5.88 Å². The Labute approximate surface area is 117 Å². The van der Waals surface area contributed by atoms with Crippen LogP contribution in [0, 0.1) is 0 Å². The molecule has 108 valence electrons. The molecule has 0 amide bonds. The molecule has 0 bridgehead atoms. The second-order valence-corrected chi connectivity index (χ2v) is 4.81. The molecule has 2 aromatic heterocycles. The summed E-state index contributed by atoms with van der Waals surface area (Å²) in [5, 5.41) is 38.6. The molecule has 0 radical (unpaired) electrons. The lowest BCUT2D eigenvalue weighted by Gasteiger charge is -2.16. The van der Waals surface area contributed by atoms with E-state index in [2.05, 4.69) is 15.0 Å². The second kappa shape index (κ2) is 4.79. The molecule has 1 aliphatic heterocycles. The Morgan fingerprint density at radius 2 is 2.00 bits per heavy atom. The highest BCUT2D eigenvalue weighted by Gasteiger charge is 2.47. The van der Waals surface area contributed by atoms with E-state index >= 15 is 0 Å². The van der Waals surface area contributed by atoms with Crippen LogP contribution in [-0.4, -0.2) is 63.8 Å². The number of hydrogen-bond acceptors (Lipinski definition) is 8. The van der Waals surface area contributed by atoms with Crippen LogP contribution in [0.4, 0.5) is 0 Å². The zero-order valence-electron chi connectivity index (χ0n) is 9.91. The Kier molecular flexibility index (Phi) is 3.22. The molecule has 0 aromatic carbocycles. The predicted octanol–water partition coefficient (Wildman–Crippen LogP) is -1.29. The maximum Gasteiger partial charge on any atom is 0.242 e. The van der Waals surface area contributed by atoms with Crippen molar-refractivity contribution in [2.24, 2.45) is 0 Å². The van der Waals surface area contributed by atoms with Crippen molar-refractivity contribution >= 4 is 22.8 Å². The van der Waals surface area contributed by atoms with Crippen LogP contribution in [0.5, 0.6) is 5.88 Å². The number of rotatable bonds is 2. The average molecular weight is 303 g/mol. The zero-order chi connectivity index (χ0) is 14.4. The monoisotopic (exact) mass is 302 g/mol. The van der Waals surface area contributed by atoms with Gasteiger partial charge in [0.1, 0.15) is 24.6 Å². The van der Waals surface area contributed by atoms with Gasteiger partial charge < -0.3 is 25.2 Å². The molecule has 10 heteroatoms. The molecule has 3 heterocycles. The van der Waals surface area contributed by atoms with E-state index in [-0.39, 0.29) is 17.0 Å². The van der Waals surface area contributed by atoms with Crippen LogP contribution >= 0.6 is 11.6 Å². The van der Waals surface area contributed by atoms with Crippen molar-refractivity contribution in [2.45, 2.75) is 30.1 Å². The first-order chi connectivity index (χ1) is 9.50. The van der Waals surface area contributed by atoms with Gasteiger partial charge in [0.05, 0.1) is 6.33 Å². The highest BCUT2D eigenvalue weighted by molar-refractivity contribution is 6.19. The Morgan fingerprint density at radius 1 is 1.25 bits per heavy atom. The molecule has 1 saturated heterocycles. The molecule has 20 heavy (non-hydrogen) atoms. The first kappa shape index (κ1) is 13.5. The standard InChI is InChI=1S/C10H11ClN4O5/c11-7(18)6-4(16)5(17)10(20-6)15-2-14-3-8(15)12-1-13-9(3)19/h1-2,4-7,10,16-18H,(H,12,13,19)/t4-,5+,6-,7?,10+/m0/s1. The van der Waals surface area contributed by atoms with Gasteiger partial charge in [-0.2, -0.15) is 4.98 Å². The fourth-order valence-corrected chi connectivity index (χ4v) is 2.38. The number of imidazole rings is 1. The lowest BCUT2D eigenvalue weighted by atomic mass is 10.1. The molecule has 4 N–H and O–H groups in total. The molecule has 0 saturated carbocycles. The number of aliphatic hydroxyl groups is 3. The molecule has 2 aromatic rings. The van der Waals surface area contributed by atoms with Gasteiger partial charge in [-0.3, -0.25) is 4.57 Å². The van der Waals surface area contributed by atoms with Gasteiger partial charge in [-0.15, -0.1) is 0 Å². The SMILES string of the molecule is Oc1ncnc2c1ncn2[C@@H]1O[C@H](C(O)Cl)[C@@H](O)[C@H]1O. The molecular formula is C10H11ClN4O5. The van der Waals surface area contributed by atoms with Gasteiger partial charge in [0.15, 0.2) is 23.0 Å². The molecule has 1 unspecified atom stereocenters. The smallest absolute Gasteiger partial charge is 0.242 e. The number of nitrogens with zero attached hydrogens (tertiary/aromatic N) is 4. The van der Waals surface area contributed by atoms with Crippen molar-refractivity contribution in [1.29, 1.82) is 0 Å². The van der Waals surface area contributed by atoms with E-state index in [4.69, 9.17) is 16.3 Å². The van der Waals surface area contributed by atoms with E-state index in [0.717, 1.165) is 6.33 Å². The quantitative estimate of drug-likeness (QED) is 0.503. The van der Waals surface area contributed by atoms with Gasteiger partial charge in [-0.25, -0.2) is 9.97 Å². The number of aromatic hydroxyl groups is 1. The summed E-state index contributed by atoms with van der Waals surface area (Å²) in [5.41, 5.74) is -1.12. The Hall–Kier alpha value is -1.52. The fraction of sp³-hybridized carbons (Fsp3) is 0.500. The van der Waals surface area contributed by atoms with Crippen molar-refractivity contribution in [2.75, 3.05) is 0 Å². The largest absolute Gasteiger partial charge is 0.492 e. The van der Waals surface area contributed by atoms with Crippen LogP contribution in [0.1, 0.15) is 6.23 Å². The third kappa shape index (κ3) is 1.91. The molecule has 0 aliphatic carbocycles. The Bertz CT molecular complexity index is 635. The van der Waals surface area contributed by atoms with E-state index in [9.17, 15) is 20.4 Å². The lowest BCUT2D eigenvalue weighted by molar-refractivity contribution is -0.0613. The van der Waals surface area contributed by atoms with Gasteiger partial charge in [-0.1, -0.05) is 11.6 Å². The van der Waals surface area contributed by atoms with Crippen molar-refractivity contribution < 1.29 is 25.2 Å². The number of aromatic nitrogens is 4. The summed E-state index contributed by atoms with van der Waals surface area (Å²) in [5.74, 6) is -0.310. The number of hydrogen-bond donors (Lipinski definition) is 4. The maximum absolute atomic E-state index is 9.98. The number of halogens is 1. The van der Waals surface area contributed by atoms with Crippen molar-refractivity contribution in [1.82, 2.24) is 19.5 Å². The van der Waals surface area contributed by atoms with E-state index < -0.39 is 30.1 Å². The first-order valence-corrected chi connectivity index (χ1v) is 6.14. The van der Waals surface area contributed by atoms with Crippen LogP contribution in [0.25, 0.3) is 11.2 Å². The van der Waals surface area contributed by atoms with E-state index in [0.29, 0.717) is 0 Å². The molecule has 5 atom stereocenters. The fourth-order valence-electron chi connectivity index (χ4n) is 2.17. The number of alkyl halides is 1. The third-order valence-corrected chi connectivity index (χ3v) is 3.41. The zero-order valence-corrected chi connectivity index (χ0v) is 10.7. The van der Waals surface area contributed by atoms with Crippen LogP contribution in [-0.2, 0) is 4.74 Å².